The number of likely N-dealkylation sites (tertiary alicyclic amines) is 1. The average Bonchev–Trinajstić information content (AvgIpc) is 2.69. The number of piperazine rings is 1. The smallest absolute Gasteiger partial charge is 0.320 e. The van der Waals surface area contributed by atoms with Crippen molar-refractivity contribution in [1.29, 1.82) is 0 Å². The first kappa shape index (κ1) is 14.6. The monoisotopic (exact) mass is 283 g/mol. The average molecular weight is 283 g/mol. The minimum absolute atomic E-state index is 0.201. The van der Waals surface area contributed by atoms with Crippen molar-refractivity contribution in [3.63, 3.8) is 0 Å². The molecule has 0 radical (unpaired) electrons. The molecular weight excluding hydrogens is 262 g/mol. The van der Waals surface area contributed by atoms with Crippen LogP contribution in [0.4, 0.5) is 4.79 Å². The van der Waals surface area contributed by atoms with Crippen LogP contribution in [-0.4, -0.2) is 65.0 Å². The van der Waals surface area contributed by atoms with Gasteiger partial charge in [-0.2, -0.15) is 0 Å². The number of carboxylic acids is 1. The summed E-state index contributed by atoms with van der Waals surface area (Å²) in [5, 5.41) is 11.5. The van der Waals surface area contributed by atoms with E-state index in [1.54, 1.807) is 4.90 Å². The molecule has 2 N–H and O–H groups in total. The van der Waals surface area contributed by atoms with Crippen molar-refractivity contribution in [1.82, 2.24) is 15.1 Å². The van der Waals surface area contributed by atoms with Crippen molar-refractivity contribution in [3.05, 3.63) is 0 Å². The van der Waals surface area contributed by atoms with Gasteiger partial charge in [0.2, 0.25) is 5.91 Å². The predicted molar refractivity (Wildman–Crippen MR) is 71.2 cm³/mol. The number of nitrogens with one attached hydrogen (secondary N) is 1. The Morgan fingerprint density at radius 2 is 1.80 bits per heavy atom. The molecule has 0 aromatic heterocycles. The lowest BCUT2D eigenvalue weighted by molar-refractivity contribution is -0.142. The molecule has 0 spiro atoms. The summed E-state index contributed by atoms with van der Waals surface area (Å²) in [6.45, 7) is 2.14. The van der Waals surface area contributed by atoms with Gasteiger partial charge in [0.05, 0.1) is 6.42 Å². The molecule has 2 rings (SSSR count). The number of nitrogens with zero attached hydrogens (tertiary/aromatic N) is 2. The van der Waals surface area contributed by atoms with Crippen LogP contribution in [0.3, 0.4) is 0 Å². The number of rotatable bonds is 2. The third kappa shape index (κ3) is 3.40. The molecule has 7 heteroatoms. The Morgan fingerprint density at radius 1 is 1.15 bits per heavy atom. The van der Waals surface area contributed by atoms with Crippen LogP contribution in [0.5, 0.6) is 0 Å². The minimum Gasteiger partial charge on any atom is -0.481 e. The Morgan fingerprint density at radius 3 is 2.40 bits per heavy atom. The van der Waals surface area contributed by atoms with Crippen molar-refractivity contribution in [2.75, 3.05) is 26.2 Å². The van der Waals surface area contributed by atoms with Gasteiger partial charge in [-0.25, -0.2) is 4.79 Å². The molecule has 1 unspecified atom stereocenters. The molecule has 2 aliphatic heterocycles. The maximum atomic E-state index is 12.5. The Balaban J connectivity index is 2.07. The van der Waals surface area contributed by atoms with Gasteiger partial charge in [-0.15, -0.1) is 0 Å². The van der Waals surface area contributed by atoms with Crippen LogP contribution in [0.1, 0.15) is 32.1 Å². The van der Waals surface area contributed by atoms with Crippen molar-refractivity contribution < 1.29 is 19.5 Å². The second-order valence-corrected chi connectivity index (χ2v) is 5.28. The van der Waals surface area contributed by atoms with E-state index in [4.69, 9.17) is 5.11 Å². The SMILES string of the molecule is O=C(O)CC1C(=O)NCCN1C(=O)N1CCCCCC1. The van der Waals surface area contributed by atoms with E-state index in [-0.39, 0.29) is 18.4 Å². The second-order valence-electron chi connectivity index (χ2n) is 5.28. The highest BCUT2D eigenvalue weighted by Gasteiger charge is 2.36. The lowest BCUT2D eigenvalue weighted by atomic mass is 10.1. The highest BCUT2D eigenvalue weighted by Crippen LogP contribution is 2.16. The summed E-state index contributed by atoms with van der Waals surface area (Å²) in [4.78, 5) is 38.4. The van der Waals surface area contributed by atoms with E-state index in [0.29, 0.717) is 26.2 Å². The summed E-state index contributed by atoms with van der Waals surface area (Å²) in [5.41, 5.74) is 0. The number of carbonyl (C=O) groups excluding carboxylic acids is 2. The molecule has 0 aromatic rings. The highest BCUT2D eigenvalue weighted by molar-refractivity contribution is 5.91. The summed E-state index contributed by atoms with van der Waals surface area (Å²) in [7, 11) is 0. The molecule has 0 aliphatic carbocycles. The van der Waals surface area contributed by atoms with E-state index in [1.807, 2.05) is 0 Å². The molecule has 2 aliphatic rings. The van der Waals surface area contributed by atoms with Crippen molar-refractivity contribution >= 4 is 17.9 Å². The van der Waals surface area contributed by atoms with Crippen molar-refractivity contribution in [2.45, 2.75) is 38.1 Å². The Hall–Kier alpha value is -1.79. The fraction of sp³-hybridized carbons (Fsp3) is 0.769. The second kappa shape index (κ2) is 6.58. The van der Waals surface area contributed by atoms with Gasteiger partial charge in [0.1, 0.15) is 6.04 Å². The lowest BCUT2D eigenvalue weighted by Gasteiger charge is -2.37. The van der Waals surface area contributed by atoms with Crippen LogP contribution < -0.4 is 5.32 Å². The van der Waals surface area contributed by atoms with Gasteiger partial charge in [0, 0.05) is 26.2 Å². The number of hydrogen-bond acceptors (Lipinski definition) is 3. The zero-order valence-electron chi connectivity index (χ0n) is 11.5. The van der Waals surface area contributed by atoms with Gasteiger partial charge in [-0.05, 0) is 12.8 Å². The molecule has 0 bridgehead atoms. The third-order valence-electron chi connectivity index (χ3n) is 3.82. The van der Waals surface area contributed by atoms with E-state index in [2.05, 4.69) is 5.32 Å². The molecule has 0 saturated carbocycles. The first-order chi connectivity index (χ1) is 9.59. The molecule has 20 heavy (non-hydrogen) atoms. The number of urea groups is 1. The first-order valence-corrected chi connectivity index (χ1v) is 7.14. The Labute approximate surface area is 117 Å². The van der Waals surface area contributed by atoms with E-state index in [9.17, 15) is 14.4 Å². The highest BCUT2D eigenvalue weighted by atomic mass is 16.4. The zero-order chi connectivity index (χ0) is 14.5. The fourth-order valence-corrected chi connectivity index (χ4v) is 2.76. The van der Waals surface area contributed by atoms with Gasteiger partial charge < -0.3 is 20.2 Å². The Bertz CT molecular complexity index is 391. The van der Waals surface area contributed by atoms with Crippen molar-refractivity contribution in [3.8, 4) is 0 Å². The van der Waals surface area contributed by atoms with Crippen LogP contribution >= 0.6 is 0 Å². The fourth-order valence-electron chi connectivity index (χ4n) is 2.76. The lowest BCUT2D eigenvalue weighted by Crippen LogP contribution is -2.60. The van der Waals surface area contributed by atoms with E-state index < -0.39 is 12.0 Å². The Kier molecular flexibility index (Phi) is 4.81. The van der Waals surface area contributed by atoms with Crippen molar-refractivity contribution in [2.24, 2.45) is 0 Å². The number of carbonyl (C=O) groups is 3. The quantitative estimate of drug-likeness (QED) is 0.760. The number of hydrogen-bond donors (Lipinski definition) is 2. The first-order valence-electron chi connectivity index (χ1n) is 7.14. The maximum absolute atomic E-state index is 12.5. The van der Waals surface area contributed by atoms with Crippen LogP contribution in [0.25, 0.3) is 0 Å². The molecule has 0 aromatic carbocycles. The van der Waals surface area contributed by atoms with E-state index in [0.717, 1.165) is 25.7 Å². The van der Waals surface area contributed by atoms with Gasteiger partial charge in [-0.1, -0.05) is 12.8 Å². The van der Waals surface area contributed by atoms with E-state index >= 15 is 0 Å². The number of carboxylic acid groups (broad SMARTS) is 1. The van der Waals surface area contributed by atoms with Gasteiger partial charge in [0.25, 0.3) is 0 Å². The van der Waals surface area contributed by atoms with Crippen LogP contribution in [0.2, 0.25) is 0 Å². The topological polar surface area (TPSA) is 89.9 Å². The number of aliphatic carboxylic acids is 1. The maximum Gasteiger partial charge on any atom is 0.320 e. The zero-order valence-corrected chi connectivity index (χ0v) is 11.5. The summed E-state index contributed by atoms with van der Waals surface area (Å²) in [6, 6.07) is -1.09. The molecule has 7 nitrogen and oxygen atoms in total. The predicted octanol–water partition coefficient (Wildman–Crippen LogP) is 0.258. The molecule has 2 saturated heterocycles. The van der Waals surface area contributed by atoms with Gasteiger partial charge in [-0.3, -0.25) is 9.59 Å². The summed E-state index contributed by atoms with van der Waals surface area (Å²) < 4.78 is 0. The molecule has 3 amide bonds. The largest absolute Gasteiger partial charge is 0.481 e. The van der Waals surface area contributed by atoms with Crippen LogP contribution in [-0.2, 0) is 9.59 Å². The number of amides is 3. The molecule has 2 fully saturated rings. The standard InChI is InChI=1S/C13H21N3O4/c17-11(18)9-10-12(19)14-5-8-16(10)13(20)15-6-3-1-2-4-7-15/h10H,1-9H2,(H,14,19)(H,17,18). The van der Waals surface area contributed by atoms with Gasteiger partial charge in [0.15, 0.2) is 0 Å². The van der Waals surface area contributed by atoms with Crippen LogP contribution in [0.15, 0.2) is 0 Å². The molecule has 1 atom stereocenters. The summed E-state index contributed by atoms with van der Waals surface area (Å²) >= 11 is 0. The summed E-state index contributed by atoms with van der Waals surface area (Å²) in [6.07, 6.45) is 3.82. The molecular formula is C13H21N3O4. The summed E-state index contributed by atoms with van der Waals surface area (Å²) in [5.74, 6) is -1.44. The van der Waals surface area contributed by atoms with E-state index in [1.165, 1.54) is 4.90 Å². The van der Waals surface area contributed by atoms with Crippen LogP contribution in [0, 0.1) is 0 Å². The van der Waals surface area contributed by atoms with Gasteiger partial charge >= 0.3 is 12.0 Å². The molecule has 112 valence electrons. The normalized spacial score (nSPS) is 24.0. The minimum atomic E-state index is -1.07. The molecule has 2 heterocycles. The third-order valence-corrected chi connectivity index (χ3v) is 3.82.